The summed E-state index contributed by atoms with van der Waals surface area (Å²) in [7, 11) is 1.66. The van der Waals surface area contributed by atoms with Gasteiger partial charge in [0.1, 0.15) is 28.9 Å². The fraction of sp³-hybridized carbons (Fsp3) is 0.467. The molecule has 3 heterocycles. The molecule has 2 unspecified atom stereocenters. The van der Waals surface area contributed by atoms with Crippen LogP contribution in [0.2, 0.25) is 0 Å². The predicted octanol–water partition coefficient (Wildman–Crippen LogP) is 4.22. The highest BCUT2D eigenvalue weighted by Gasteiger charge is 2.39. The molecule has 1 N–H and O–H groups in total. The Hall–Kier alpha value is -3.97. The quantitative estimate of drug-likeness (QED) is 0.370. The van der Waals surface area contributed by atoms with Gasteiger partial charge in [0.05, 0.1) is 11.6 Å². The molecule has 2 aliphatic carbocycles. The molecule has 10 heteroatoms. The summed E-state index contributed by atoms with van der Waals surface area (Å²) >= 11 is 0. The number of hydrogen-bond donors (Lipinski definition) is 1. The largest absolute Gasteiger partial charge is 0.349 e. The number of hydrogen-bond acceptors (Lipinski definition) is 7. The zero-order valence-corrected chi connectivity index (χ0v) is 22.8. The Labute approximate surface area is 232 Å². The molecule has 0 amide bonds. The lowest BCUT2D eigenvalue weighted by Gasteiger charge is -2.46. The number of aliphatic imine (C=N–C) groups is 1. The zero-order chi connectivity index (χ0) is 28.0. The highest BCUT2D eigenvalue weighted by Crippen LogP contribution is 2.39. The Morgan fingerprint density at radius 2 is 1.85 bits per heavy atom. The fourth-order valence-corrected chi connectivity index (χ4v) is 5.89. The summed E-state index contributed by atoms with van der Waals surface area (Å²) in [6.45, 7) is 4.00. The number of anilines is 1. The third kappa shape index (κ3) is 4.90. The van der Waals surface area contributed by atoms with E-state index in [0.29, 0.717) is 48.2 Å². The van der Waals surface area contributed by atoms with Gasteiger partial charge in [0.15, 0.2) is 5.82 Å². The highest BCUT2D eigenvalue weighted by molar-refractivity contribution is 6.03. The molecule has 3 fully saturated rings. The lowest BCUT2D eigenvalue weighted by Crippen LogP contribution is -2.55. The van der Waals surface area contributed by atoms with E-state index in [1.54, 1.807) is 19.2 Å². The third-order valence-electron chi connectivity index (χ3n) is 8.55. The first kappa shape index (κ1) is 26.3. The number of aryl methyl sites for hydroxylation is 1. The van der Waals surface area contributed by atoms with Crippen molar-refractivity contribution in [3.63, 3.8) is 0 Å². The molecule has 2 atom stereocenters. The van der Waals surface area contributed by atoms with Gasteiger partial charge in [-0.1, -0.05) is 18.6 Å². The van der Waals surface area contributed by atoms with Crippen LogP contribution in [0.15, 0.2) is 46.2 Å². The molecule has 3 aliphatic rings. The van der Waals surface area contributed by atoms with Crippen LogP contribution in [0.4, 0.5) is 10.2 Å². The number of aromatic nitrogens is 3. The number of piperazine rings is 1. The average molecular weight is 541 g/mol. The number of halogens is 1. The van der Waals surface area contributed by atoms with Gasteiger partial charge in [-0.25, -0.2) is 19.2 Å². The molecular weight excluding hydrogens is 507 g/mol. The average Bonchev–Trinajstić information content (AvgIpc) is 3.77. The van der Waals surface area contributed by atoms with Crippen molar-refractivity contribution in [1.29, 1.82) is 10.7 Å². The second kappa shape index (κ2) is 10.5. The van der Waals surface area contributed by atoms with Crippen LogP contribution in [0.3, 0.4) is 0 Å². The van der Waals surface area contributed by atoms with Gasteiger partial charge in [0, 0.05) is 44.4 Å². The summed E-state index contributed by atoms with van der Waals surface area (Å²) in [5, 5.41) is 18.1. The van der Waals surface area contributed by atoms with E-state index in [1.807, 2.05) is 12.1 Å². The number of benzene rings is 1. The second-order valence-electron chi connectivity index (χ2n) is 11.3. The Balaban J connectivity index is 1.36. The Morgan fingerprint density at radius 1 is 1.10 bits per heavy atom. The van der Waals surface area contributed by atoms with Gasteiger partial charge in [0.25, 0.3) is 0 Å². The van der Waals surface area contributed by atoms with Crippen LogP contribution in [-0.2, 0) is 7.05 Å². The molecule has 6 rings (SSSR count). The zero-order valence-electron chi connectivity index (χ0n) is 22.8. The minimum Gasteiger partial charge on any atom is -0.349 e. The van der Waals surface area contributed by atoms with Crippen molar-refractivity contribution >= 4 is 28.4 Å². The molecule has 2 aromatic heterocycles. The monoisotopic (exact) mass is 540 g/mol. The molecule has 9 nitrogen and oxygen atoms in total. The van der Waals surface area contributed by atoms with E-state index in [9.17, 15) is 14.4 Å². The van der Waals surface area contributed by atoms with E-state index in [2.05, 4.69) is 32.8 Å². The topological polar surface area (TPSA) is 114 Å². The lowest BCUT2D eigenvalue weighted by molar-refractivity contribution is 0.195. The van der Waals surface area contributed by atoms with E-state index in [-0.39, 0.29) is 35.2 Å². The van der Waals surface area contributed by atoms with Gasteiger partial charge in [-0.15, -0.1) is 0 Å². The molecule has 1 aliphatic heterocycles. The van der Waals surface area contributed by atoms with Gasteiger partial charge < -0.3 is 4.90 Å². The number of amidine groups is 1. The minimum absolute atomic E-state index is 0.0300. The third-order valence-corrected chi connectivity index (χ3v) is 8.55. The standard InChI is InChI=1S/C30H33FN8O/c1-18-17-38(14-15-39(18)29-26-24(37(2)30(40)36-29)13-12-23(16-32)34-26)27(20-8-10-22(31)11-9-20)25(19-4-3-5-19)35-28(33)21-6-7-21/h8-13,18-19,21,27,33H,3-7,14-15,17H2,1-2H3. The lowest BCUT2D eigenvalue weighted by atomic mass is 9.77. The number of rotatable bonds is 6. The second-order valence-corrected chi connectivity index (χ2v) is 11.3. The van der Waals surface area contributed by atoms with E-state index in [0.717, 1.165) is 43.4 Å². The first-order chi connectivity index (χ1) is 19.3. The van der Waals surface area contributed by atoms with Crippen LogP contribution in [0.1, 0.15) is 56.3 Å². The molecule has 1 saturated heterocycles. The first-order valence-corrected chi connectivity index (χ1v) is 14.0. The highest BCUT2D eigenvalue weighted by atomic mass is 19.1. The SMILES string of the molecule is CC1CN(C(C(=NC(=N)C2CC2)C2CCC2)c2ccc(F)cc2)CCN1c1nc(=O)n(C)c2ccc(C#N)nc12. The predicted molar refractivity (Wildman–Crippen MR) is 152 cm³/mol. The van der Waals surface area contributed by atoms with Gasteiger partial charge >= 0.3 is 5.69 Å². The molecule has 40 heavy (non-hydrogen) atoms. The number of pyridine rings is 1. The van der Waals surface area contributed by atoms with Gasteiger partial charge in [0.2, 0.25) is 0 Å². The number of nitrogens with zero attached hydrogens (tertiary/aromatic N) is 7. The van der Waals surface area contributed by atoms with Crippen molar-refractivity contribution in [2.75, 3.05) is 24.5 Å². The van der Waals surface area contributed by atoms with Crippen LogP contribution in [0.25, 0.3) is 11.0 Å². The van der Waals surface area contributed by atoms with Crippen LogP contribution in [0, 0.1) is 34.4 Å². The Kier molecular flexibility index (Phi) is 6.92. The van der Waals surface area contributed by atoms with Crippen LogP contribution < -0.4 is 10.6 Å². The molecule has 2 saturated carbocycles. The van der Waals surface area contributed by atoms with Gasteiger partial charge in [-0.05, 0) is 68.4 Å². The van der Waals surface area contributed by atoms with Crippen molar-refractivity contribution in [2.24, 2.45) is 23.9 Å². The van der Waals surface area contributed by atoms with Crippen molar-refractivity contribution in [2.45, 2.75) is 51.1 Å². The maximum atomic E-state index is 14.0. The molecule has 0 bridgehead atoms. The van der Waals surface area contributed by atoms with Crippen LogP contribution in [0.5, 0.6) is 0 Å². The van der Waals surface area contributed by atoms with Gasteiger partial charge in [-0.2, -0.15) is 10.2 Å². The Morgan fingerprint density at radius 3 is 2.48 bits per heavy atom. The Bertz CT molecular complexity index is 1580. The molecule has 0 radical (unpaired) electrons. The maximum absolute atomic E-state index is 14.0. The summed E-state index contributed by atoms with van der Waals surface area (Å²) in [6.07, 6.45) is 5.31. The summed E-state index contributed by atoms with van der Waals surface area (Å²) in [4.78, 5) is 31.1. The van der Waals surface area contributed by atoms with Crippen molar-refractivity contribution in [3.8, 4) is 6.07 Å². The smallest absolute Gasteiger partial charge is 0.349 e. The molecule has 206 valence electrons. The molecule has 3 aromatic rings. The normalized spacial score (nSPS) is 21.2. The molecule has 1 aromatic carbocycles. The van der Waals surface area contributed by atoms with E-state index >= 15 is 0 Å². The fourth-order valence-electron chi connectivity index (χ4n) is 5.89. The van der Waals surface area contributed by atoms with Gasteiger partial charge in [-0.3, -0.25) is 14.9 Å². The van der Waals surface area contributed by atoms with Crippen molar-refractivity contribution in [1.82, 2.24) is 19.4 Å². The summed E-state index contributed by atoms with van der Waals surface area (Å²) in [6, 6.07) is 11.9. The molecular formula is C30H33FN8O. The van der Waals surface area contributed by atoms with Crippen molar-refractivity contribution in [3.05, 3.63) is 64.0 Å². The number of fused-ring (bicyclic) bond motifs is 1. The van der Waals surface area contributed by atoms with Crippen LogP contribution >= 0.6 is 0 Å². The molecule has 0 spiro atoms. The number of nitrogens with one attached hydrogen (secondary N) is 1. The summed E-state index contributed by atoms with van der Waals surface area (Å²) in [5.41, 5.74) is 3.07. The maximum Gasteiger partial charge on any atom is 0.349 e. The summed E-state index contributed by atoms with van der Waals surface area (Å²) in [5.74, 6) is 1.26. The first-order valence-electron chi connectivity index (χ1n) is 14.0. The number of nitriles is 1. The van der Waals surface area contributed by atoms with E-state index < -0.39 is 0 Å². The minimum atomic E-state index is -0.370. The van der Waals surface area contributed by atoms with Crippen molar-refractivity contribution < 1.29 is 4.39 Å². The van der Waals surface area contributed by atoms with Crippen LogP contribution in [-0.4, -0.2) is 56.7 Å². The van der Waals surface area contributed by atoms with E-state index in [4.69, 9.17) is 10.4 Å². The van der Waals surface area contributed by atoms with E-state index in [1.165, 1.54) is 16.7 Å². The summed E-state index contributed by atoms with van der Waals surface area (Å²) < 4.78 is 15.4.